The molecule has 140 valence electrons. The number of imidazole rings is 1. The van der Waals surface area contributed by atoms with Crippen LogP contribution in [0.2, 0.25) is 0 Å². The van der Waals surface area contributed by atoms with Crippen molar-refractivity contribution < 1.29 is 19.2 Å². The predicted octanol–water partition coefficient (Wildman–Crippen LogP) is 0.0742. The molecule has 0 saturated carbocycles. The summed E-state index contributed by atoms with van der Waals surface area (Å²) in [6.45, 7) is 2.31. The van der Waals surface area contributed by atoms with Gasteiger partial charge < -0.3 is 24.9 Å². The molecule has 2 atom stereocenters. The fraction of sp³-hybridized carbons (Fsp3) is 0.353. The first-order valence-corrected chi connectivity index (χ1v) is 8.66. The number of nitrogens with two attached hydrogens (primary N) is 1. The number of fused-ring (bicyclic) bond motifs is 2. The van der Waals surface area contributed by atoms with Gasteiger partial charge in [-0.25, -0.2) is 15.0 Å². The van der Waals surface area contributed by atoms with Crippen LogP contribution in [0, 0.1) is 0 Å². The van der Waals surface area contributed by atoms with E-state index in [0.717, 1.165) is 11.0 Å². The Kier molecular flexibility index (Phi) is 5.04. The fourth-order valence-corrected chi connectivity index (χ4v) is 3.05. The first-order valence-electron chi connectivity index (χ1n) is 8.66. The molecule has 9 nitrogen and oxygen atoms in total. The summed E-state index contributed by atoms with van der Waals surface area (Å²) in [4.78, 5) is 12.3. The van der Waals surface area contributed by atoms with Gasteiger partial charge in [-0.05, 0) is 17.9 Å². The lowest BCUT2D eigenvalue weighted by atomic mass is 9.78. The molecule has 0 unspecified atom stereocenters. The van der Waals surface area contributed by atoms with Gasteiger partial charge in [0.25, 0.3) is 0 Å². The second kappa shape index (κ2) is 7.61. The summed E-state index contributed by atoms with van der Waals surface area (Å²) >= 11 is 0. The number of aromatic nitrogens is 4. The monoisotopic (exact) mass is 369 g/mol. The number of anilines is 1. The van der Waals surface area contributed by atoms with Crippen molar-refractivity contribution in [2.24, 2.45) is 0 Å². The van der Waals surface area contributed by atoms with E-state index in [9.17, 15) is 5.11 Å². The van der Waals surface area contributed by atoms with Crippen molar-refractivity contribution in [1.29, 1.82) is 0 Å². The highest BCUT2D eigenvalue weighted by Gasteiger charge is 2.34. The van der Waals surface area contributed by atoms with Crippen molar-refractivity contribution in [3.8, 4) is 0 Å². The summed E-state index contributed by atoms with van der Waals surface area (Å²) in [6.07, 6.45) is 2.02. The van der Waals surface area contributed by atoms with Gasteiger partial charge in [0.1, 0.15) is 24.7 Å². The molecule has 27 heavy (non-hydrogen) atoms. The molecular formula is C17H20BN5O4. The minimum Gasteiger partial charge on any atom is -0.403 e. The molecular weight excluding hydrogens is 349 g/mol. The van der Waals surface area contributed by atoms with E-state index in [0.29, 0.717) is 23.6 Å². The molecule has 0 radical (unpaired) electrons. The Labute approximate surface area is 156 Å². The van der Waals surface area contributed by atoms with Crippen LogP contribution in [0.15, 0.2) is 36.9 Å². The van der Waals surface area contributed by atoms with Gasteiger partial charge >= 0.3 is 7.12 Å². The van der Waals surface area contributed by atoms with Crippen LogP contribution in [0.3, 0.4) is 0 Å². The van der Waals surface area contributed by atoms with Crippen molar-refractivity contribution in [2.45, 2.75) is 32.5 Å². The van der Waals surface area contributed by atoms with E-state index >= 15 is 0 Å². The maximum absolute atomic E-state index is 9.74. The van der Waals surface area contributed by atoms with Crippen LogP contribution in [0.1, 0.15) is 12.5 Å². The quantitative estimate of drug-likeness (QED) is 0.562. The number of ether oxygens (including phenoxy) is 1. The zero-order valence-corrected chi connectivity index (χ0v) is 14.9. The Morgan fingerprint density at radius 1 is 1.33 bits per heavy atom. The molecule has 1 aliphatic heterocycles. The number of nitrogens with zero attached hydrogens (tertiary/aromatic N) is 4. The standard InChI is InChI=1S/C17H20BN5O4/c1-11(27-18-13-5-3-2-4-12(13)7-26-18)14(6-24)25-10-23-9-22-15-16(19)20-8-21-17(15)23/h2-5,8-9,11,14,24H,6-7,10H2,1H3,(H2,19,20,21)/t11-,14-/m1/s1. The van der Waals surface area contributed by atoms with Crippen molar-refractivity contribution >= 4 is 29.6 Å². The molecule has 4 rings (SSSR count). The second-order valence-electron chi connectivity index (χ2n) is 6.35. The Hall–Kier alpha value is -2.53. The molecule has 2 aromatic heterocycles. The molecule has 0 aliphatic carbocycles. The van der Waals surface area contributed by atoms with Gasteiger partial charge in [-0.1, -0.05) is 24.3 Å². The van der Waals surface area contributed by atoms with E-state index < -0.39 is 13.2 Å². The maximum Gasteiger partial charge on any atom is 0.494 e. The third-order valence-corrected chi connectivity index (χ3v) is 4.60. The normalized spacial score (nSPS) is 15.9. The van der Waals surface area contributed by atoms with Gasteiger partial charge in [0, 0.05) is 0 Å². The van der Waals surface area contributed by atoms with Crippen molar-refractivity contribution in [1.82, 2.24) is 19.5 Å². The number of nitrogen functional groups attached to an aromatic ring is 1. The van der Waals surface area contributed by atoms with Gasteiger partial charge in [-0.15, -0.1) is 0 Å². The van der Waals surface area contributed by atoms with Crippen LogP contribution in [-0.4, -0.2) is 50.6 Å². The zero-order chi connectivity index (χ0) is 18.8. The third kappa shape index (κ3) is 3.52. The summed E-state index contributed by atoms with van der Waals surface area (Å²) in [5.41, 5.74) is 8.99. The largest absolute Gasteiger partial charge is 0.494 e. The third-order valence-electron chi connectivity index (χ3n) is 4.60. The van der Waals surface area contributed by atoms with E-state index in [1.54, 1.807) is 10.9 Å². The average Bonchev–Trinajstić information content (AvgIpc) is 3.28. The molecule has 3 heterocycles. The lowest BCUT2D eigenvalue weighted by Gasteiger charge is -2.24. The number of aliphatic hydroxyl groups excluding tert-OH is 1. The molecule has 0 saturated heterocycles. The highest BCUT2D eigenvalue weighted by Crippen LogP contribution is 2.17. The van der Waals surface area contributed by atoms with E-state index in [2.05, 4.69) is 15.0 Å². The van der Waals surface area contributed by atoms with E-state index in [-0.39, 0.29) is 19.4 Å². The Morgan fingerprint density at radius 2 is 2.19 bits per heavy atom. The molecule has 3 aromatic rings. The highest BCUT2D eigenvalue weighted by molar-refractivity contribution is 6.62. The first kappa shape index (κ1) is 17.9. The SMILES string of the molecule is C[C@@H](OB1OCc2ccccc21)[C@@H](CO)OCn1cnc2c(N)ncnc21. The van der Waals surface area contributed by atoms with Gasteiger partial charge in [0.2, 0.25) is 0 Å². The average molecular weight is 369 g/mol. The summed E-state index contributed by atoms with van der Waals surface area (Å²) in [7, 11) is -0.463. The van der Waals surface area contributed by atoms with Gasteiger partial charge in [0.15, 0.2) is 11.5 Å². The van der Waals surface area contributed by atoms with Gasteiger partial charge in [-0.2, -0.15) is 0 Å². The van der Waals surface area contributed by atoms with E-state index in [1.165, 1.54) is 6.33 Å². The Bertz CT molecular complexity index is 937. The number of rotatable bonds is 7. The molecule has 0 spiro atoms. The number of hydrogen-bond acceptors (Lipinski definition) is 8. The van der Waals surface area contributed by atoms with Crippen LogP contribution >= 0.6 is 0 Å². The number of benzene rings is 1. The van der Waals surface area contributed by atoms with Gasteiger partial charge in [0.05, 0.1) is 25.6 Å². The van der Waals surface area contributed by atoms with Gasteiger partial charge in [-0.3, -0.25) is 4.57 Å². The number of aliphatic hydroxyl groups is 1. The lowest BCUT2D eigenvalue weighted by Crippen LogP contribution is -2.42. The fourth-order valence-electron chi connectivity index (χ4n) is 3.05. The van der Waals surface area contributed by atoms with Crippen molar-refractivity contribution in [2.75, 3.05) is 12.3 Å². The van der Waals surface area contributed by atoms with Crippen LogP contribution in [0.25, 0.3) is 11.2 Å². The van der Waals surface area contributed by atoms with E-state index in [1.807, 2.05) is 31.2 Å². The topological polar surface area (TPSA) is 118 Å². The Balaban J connectivity index is 1.41. The molecule has 10 heteroatoms. The van der Waals surface area contributed by atoms with Crippen LogP contribution in [0.4, 0.5) is 5.82 Å². The molecule has 1 aliphatic rings. The maximum atomic E-state index is 9.74. The second-order valence-corrected chi connectivity index (χ2v) is 6.35. The van der Waals surface area contributed by atoms with Crippen LogP contribution in [0.5, 0.6) is 0 Å². The van der Waals surface area contributed by atoms with E-state index in [4.69, 9.17) is 19.8 Å². The lowest BCUT2D eigenvalue weighted by molar-refractivity contribution is -0.0774. The molecule has 0 bridgehead atoms. The minimum absolute atomic E-state index is 0.147. The molecule has 0 amide bonds. The molecule has 0 fully saturated rings. The predicted molar refractivity (Wildman–Crippen MR) is 98.9 cm³/mol. The summed E-state index contributed by atoms with van der Waals surface area (Å²) in [5.74, 6) is 0.311. The summed E-state index contributed by atoms with van der Waals surface area (Å²) < 4.78 is 19.2. The minimum atomic E-state index is -0.544. The van der Waals surface area contributed by atoms with Crippen molar-refractivity contribution in [3.05, 3.63) is 42.5 Å². The van der Waals surface area contributed by atoms with Crippen LogP contribution < -0.4 is 11.2 Å². The first-order chi connectivity index (χ1) is 13.2. The Morgan fingerprint density at radius 3 is 3.04 bits per heavy atom. The van der Waals surface area contributed by atoms with Crippen molar-refractivity contribution in [3.63, 3.8) is 0 Å². The van der Waals surface area contributed by atoms with Crippen LogP contribution in [-0.2, 0) is 27.4 Å². The summed E-state index contributed by atoms with van der Waals surface area (Å²) in [5, 5.41) is 9.74. The number of hydrogen-bond donors (Lipinski definition) is 2. The summed E-state index contributed by atoms with van der Waals surface area (Å²) in [6, 6.07) is 7.92. The molecule has 1 aromatic carbocycles. The zero-order valence-electron chi connectivity index (χ0n) is 14.9. The highest BCUT2D eigenvalue weighted by atomic mass is 16.6. The molecule has 3 N–H and O–H groups in total. The smallest absolute Gasteiger partial charge is 0.403 e.